The first kappa shape index (κ1) is 9.96. The molecule has 0 saturated heterocycles. The third-order valence-corrected chi connectivity index (χ3v) is 1.27. The van der Waals surface area contributed by atoms with Gasteiger partial charge in [0.2, 0.25) is 0 Å². The first-order chi connectivity index (χ1) is 5.16. The lowest BCUT2D eigenvalue weighted by Gasteiger charge is -2.09. The Kier molecular flexibility index (Phi) is 5.18. The molecule has 0 amide bonds. The van der Waals surface area contributed by atoms with E-state index in [2.05, 4.69) is 0 Å². The van der Waals surface area contributed by atoms with Gasteiger partial charge in [0.1, 0.15) is 0 Å². The van der Waals surface area contributed by atoms with E-state index in [-0.39, 0.29) is 12.1 Å². The number of carbonyl (C=O) groups is 1. The molecule has 0 spiro atoms. The lowest BCUT2D eigenvalue weighted by atomic mass is 10.2. The van der Waals surface area contributed by atoms with E-state index in [1.807, 2.05) is 13.0 Å². The van der Waals surface area contributed by atoms with Crippen molar-refractivity contribution in [3.05, 3.63) is 0 Å². The molecule has 3 heteroatoms. The Morgan fingerprint density at radius 2 is 2.36 bits per heavy atom. The van der Waals surface area contributed by atoms with Gasteiger partial charge in [-0.3, -0.25) is 4.79 Å². The predicted octanol–water partition coefficient (Wildman–Crippen LogP) is 1.63. The topological polar surface area (TPSA) is 50.1 Å². The third-order valence-electron chi connectivity index (χ3n) is 1.27. The molecule has 0 aromatic carbocycles. The molecule has 0 fully saturated rings. The standard InChI is InChI=1S/C8H13NO2/c1-7(11-8(2)10)5-3-4-6-9/h7H,3-5H2,1-2H3/t7-/m1/s1. The summed E-state index contributed by atoms with van der Waals surface area (Å²) in [5, 5.41) is 8.20. The van der Waals surface area contributed by atoms with Crippen LogP contribution in [0.1, 0.15) is 33.1 Å². The van der Waals surface area contributed by atoms with Gasteiger partial charge in [-0.2, -0.15) is 5.26 Å². The monoisotopic (exact) mass is 155 g/mol. The van der Waals surface area contributed by atoms with Gasteiger partial charge in [-0.1, -0.05) is 0 Å². The Hall–Kier alpha value is -1.04. The van der Waals surface area contributed by atoms with Gasteiger partial charge in [-0.05, 0) is 19.8 Å². The summed E-state index contributed by atoms with van der Waals surface area (Å²) < 4.78 is 4.85. The van der Waals surface area contributed by atoms with Crippen molar-refractivity contribution in [3.8, 4) is 6.07 Å². The maximum absolute atomic E-state index is 10.4. The molecule has 0 heterocycles. The number of nitriles is 1. The lowest BCUT2D eigenvalue weighted by molar-refractivity contribution is -0.145. The average Bonchev–Trinajstić information content (AvgIpc) is 1.86. The molecule has 0 unspecified atom stereocenters. The lowest BCUT2D eigenvalue weighted by Crippen LogP contribution is -2.11. The first-order valence-electron chi connectivity index (χ1n) is 3.71. The van der Waals surface area contributed by atoms with E-state index < -0.39 is 0 Å². The molecule has 0 aliphatic rings. The van der Waals surface area contributed by atoms with Crippen LogP contribution in [0.2, 0.25) is 0 Å². The Balaban J connectivity index is 3.31. The molecular weight excluding hydrogens is 142 g/mol. The van der Waals surface area contributed by atoms with E-state index in [1.165, 1.54) is 6.92 Å². The second-order valence-corrected chi connectivity index (χ2v) is 2.47. The van der Waals surface area contributed by atoms with Crippen LogP contribution in [0.5, 0.6) is 0 Å². The van der Waals surface area contributed by atoms with Gasteiger partial charge in [-0.25, -0.2) is 0 Å². The maximum Gasteiger partial charge on any atom is 0.302 e. The molecular formula is C8H13NO2. The van der Waals surface area contributed by atoms with Crippen LogP contribution in [-0.2, 0) is 9.53 Å². The fourth-order valence-electron chi connectivity index (χ4n) is 0.811. The number of hydrogen-bond donors (Lipinski definition) is 0. The first-order valence-corrected chi connectivity index (χ1v) is 3.71. The minimum Gasteiger partial charge on any atom is -0.463 e. The molecule has 62 valence electrons. The second kappa shape index (κ2) is 5.72. The average molecular weight is 155 g/mol. The molecule has 3 nitrogen and oxygen atoms in total. The number of unbranched alkanes of at least 4 members (excludes halogenated alkanes) is 1. The third kappa shape index (κ3) is 6.85. The highest BCUT2D eigenvalue weighted by Gasteiger charge is 2.03. The highest BCUT2D eigenvalue weighted by Crippen LogP contribution is 2.03. The Bertz CT molecular complexity index is 160. The van der Waals surface area contributed by atoms with Crippen LogP contribution in [0, 0.1) is 11.3 Å². The molecule has 1 atom stereocenters. The normalized spacial score (nSPS) is 11.7. The van der Waals surface area contributed by atoms with Gasteiger partial charge in [0.15, 0.2) is 0 Å². The summed E-state index contributed by atoms with van der Waals surface area (Å²) in [4.78, 5) is 10.4. The van der Waals surface area contributed by atoms with E-state index in [0.29, 0.717) is 6.42 Å². The van der Waals surface area contributed by atoms with E-state index in [9.17, 15) is 4.79 Å². The predicted molar refractivity (Wildman–Crippen MR) is 40.7 cm³/mol. The molecule has 0 N–H and O–H groups in total. The zero-order valence-electron chi connectivity index (χ0n) is 6.96. The summed E-state index contributed by atoms with van der Waals surface area (Å²) in [6, 6.07) is 2.04. The highest BCUT2D eigenvalue weighted by atomic mass is 16.5. The molecule has 0 rings (SSSR count). The minimum absolute atomic E-state index is 0.0548. The smallest absolute Gasteiger partial charge is 0.302 e. The van der Waals surface area contributed by atoms with Crippen LogP contribution in [-0.4, -0.2) is 12.1 Å². The van der Waals surface area contributed by atoms with Crippen LogP contribution in [0.3, 0.4) is 0 Å². The van der Waals surface area contributed by atoms with Crippen LogP contribution in [0.15, 0.2) is 0 Å². The van der Waals surface area contributed by atoms with E-state index in [0.717, 1.165) is 12.8 Å². The molecule has 0 radical (unpaired) electrons. The molecule has 0 aromatic rings. The number of esters is 1. The van der Waals surface area contributed by atoms with Crippen LogP contribution in [0.4, 0.5) is 0 Å². The van der Waals surface area contributed by atoms with Gasteiger partial charge in [0.25, 0.3) is 0 Å². The van der Waals surface area contributed by atoms with Gasteiger partial charge in [0.05, 0.1) is 12.2 Å². The van der Waals surface area contributed by atoms with E-state index in [1.54, 1.807) is 0 Å². The largest absolute Gasteiger partial charge is 0.463 e. The fourth-order valence-corrected chi connectivity index (χ4v) is 0.811. The highest BCUT2D eigenvalue weighted by molar-refractivity contribution is 5.66. The molecule has 11 heavy (non-hydrogen) atoms. The van der Waals surface area contributed by atoms with Gasteiger partial charge >= 0.3 is 5.97 Å². The summed E-state index contributed by atoms with van der Waals surface area (Å²) in [5.41, 5.74) is 0. The summed E-state index contributed by atoms with van der Waals surface area (Å²) in [7, 11) is 0. The quantitative estimate of drug-likeness (QED) is 0.458. The van der Waals surface area contributed by atoms with Crippen molar-refractivity contribution in [1.82, 2.24) is 0 Å². The Morgan fingerprint density at radius 3 is 2.82 bits per heavy atom. The van der Waals surface area contributed by atoms with Crippen LogP contribution in [0.25, 0.3) is 0 Å². The van der Waals surface area contributed by atoms with Crippen molar-refractivity contribution in [3.63, 3.8) is 0 Å². The summed E-state index contributed by atoms with van der Waals surface area (Å²) >= 11 is 0. The molecule has 0 bridgehead atoms. The number of ether oxygens (including phenoxy) is 1. The summed E-state index contributed by atoms with van der Waals surface area (Å²) in [5.74, 6) is -0.255. The number of nitrogens with zero attached hydrogens (tertiary/aromatic N) is 1. The van der Waals surface area contributed by atoms with Crippen molar-refractivity contribution >= 4 is 5.97 Å². The van der Waals surface area contributed by atoms with Gasteiger partial charge in [0, 0.05) is 13.3 Å². The fraction of sp³-hybridized carbons (Fsp3) is 0.750. The summed E-state index contributed by atoms with van der Waals surface area (Å²) in [6.07, 6.45) is 2.05. The molecule has 0 aliphatic carbocycles. The minimum atomic E-state index is -0.255. The maximum atomic E-state index is 10.4. The van der Waals surface area contributed by atoms with Crippen molar-refractivity contribution in [2.45, 2.75) is 39.2 Å². The molecule has 0 aromatic heterocycles. The van der Waals surface area contributed by atoms with Crippen LogP contribution >= 0.6 is 0 Å². The number of hydrogen-bond acceptors (Lipinski definition) is 3. The van der Waals surface area contributed by atoms with Gasteiger partial charge in [-0.15, -0.1) is 0 Å². The van der Waals surface area contributed by atoms with E-state index in [4.69, 9.17) is 10.00 Å². The van der Waals surface area contributed by atoms with Crippen molar-refractivity contribution in [2.75, 3.05) is 0 Å². The molecule has 0 aliphatic heterocycles. The SMILES string of the molecule is CC(=O)O[C@H](C)CCCC#N. The zero-order valence-corrected chi connectivity index (χ0v) is 6.96. The number of rotatable bonds is 4. The van der Waals surface area contributed by atoms with Gasteiger partial charge < -0.3 is 4.74 Å². The van der Waals surface area contributed by atoms with Crippen LogP contribution < -0.4 is 0 Å². The zero-order chi connectivity index (χ0) is 8.69. The van der Waals surface area contributed by atoms with Crippen molar-refractivity contribution in [1.29, 1.82) is 5.26 Å². The number of carbonyl (C=O) groups excluding carboxylic acids is 1. The van der Waals surface area contributed by atoms with Crippen molar-refractivity contribution < 1.29 is 9.53 Å². The Morgan fingerprint density at radius 1 is 1.73 bits per heavy atom. The van der Waals surface area contributed by atoms with Crippen molar-refractivity contribution in [2.24, 2.45) is 0 Å². The second-order valence-electron chi connectivity index (χ2n) is 2.47. The Labute approximate surface area is 67.0 Å². The summed E-state index contributed by atoms with van der Waals surface area (Å²) in [6.45, 7) is 3.22. The van der Waals surface area contributed by atoms with E-state index >= 15 is 0 Å². The molecule has 0 saturated carbocycles.